The van der Waals surface area contributed by atoms with Gasteiger partial charge in [0.25, 0.3) is 17.5 Å². The maximum atomic E-state index is 13.1. The maximum Gasteiger partial charge on any atom is 0.269 e. The molecule has 9 heteroatoms. The minimum Gasteiger partial charge on any atom is -0.368 e. The number of fused-ring (bicyclic) bond motifs is 1. The molecule has 2 heterocycles. The van der Waals surface area contributed by atoms with Gasteiger partial charge in [0.1, 0.15) is 6.17 Å². The molecule has 3 aromatic rings. The molecule has 190 valence electrons. The number of hydrogen-bond acceptors (Lipinski definition) is 6. The first-order valence-electron chi connectivity index (χ1n) is 12.4. The van der Waals surface area contributed by atoms with Crippen LogP contribution in [0.1, 0.15) is 46.3 Å². The Hall–Kier alpha value is -4.40. The van der Waals surface area contributed by atoms with Gasteiger partial charge in [0.05, 0.1) is 4.92 Å². The van der Waals surface area contributed by atoms with Crippen LogP contribution in [-0.4, -0.2) is 58.8 Å². The summed E-state index contributed by atoms with van der Waals surface area (Å²) in [5.74, 6) is -0.0112. The highest BCUT2D eigenvalue weighted by Crippen LogP contribution is 2.35. The van der Waals surface area contributed by atoms with Gasteiger partial charge in [-0.25, -0.2) is 0 Å². The number of piperazine rings is 1. The van der Waals surface area contributed by atoms with Gasteiger partial charge < -0.3 is 20.0 Å². The van der Waals surface area contributed by atoms with Gasteiger partial charge in [-0.05, 0) is 56.3 Å². The number of carbonyl (C=O) groups excluding carboxylic acids is 2. The fourth-order valence-corrected chi connectivity index (χ4v) is 5.02. The molecule has 0 spiro atoms. The summed E-state index contributed by atoms with van der Waals surface area (Å²) in [6.07, 6.45) is -0.266. The van der Waals surface area contributed by atoms with Gasteiger partial charge in [0.15, 0.2) is 0 Å². The molecule has 2 amide bonds. The fourth-order valence-electron chi connectivity index (χ4n) is 5.02. The summed E-state index contributed by atoms with van der Waals surface area (Å²) in [6.45, 7) is 6.45. The quantitative estimate of drug-likeness (QED) is 0.395. The highest BCUT2D eigenvalue weighted by molar-refractivity contribution is 5.99. The molecule has 0 saturated carbocycles. The number of rotatable bonds is 6. The van der Waals surface area contributed by atoms with E-state index in [1.165, 1.54) is 12.1 Å². The Labute approximate surface area is 215 Å². The summed E-state index contributed by atoms with van der Waals surface area (Å²) in [7, 11) is 0. The number of nitrogens with zero attached hydrogens (tertiary/aromatic N) is 4. The van der Waals surface area contributed by atoms with E-state index in [4.69, 9.17) is 0 Å². The first-order chi connectivity index (χ1) is 17.8. The lowest BCUT2D eigenvalue weighted by molar-refractivity contribution is -0.384. The molecule has 3 aromatic carbocycles. The van der Waals surface area contributed by atoms with E-state index in [0.29, 0.717) is 37.3 Å². The molecule has 1 N–H and O–H groups in total. The van der Waals surface area contributed by atoms with Crippen molar-refractivity contribution in [1.82, 2.24) is 9.80 Å². The van der Waals surface area contributed by atoms with Crippen molar-refractivity contribution in [2.45, 2.75) is 26.1 Å². The van der Waals surface area contributed by atoms with Crippen molar-refractivity contribution >= 4 is 28.9 Å². The van der Waals surface area contributed by atoms with Gasteiger partial charge in [-0.2, -0.15) is 0 Å². The van der Waals surface area contributed by atoms with E-state index in [2.05, 4.69) is 10.2 Å². The molecule has 1 atom stereocenters. The largest absolute Gasteiger partial charge is 0.368 e. The predicted octanol–water partition coefficient (Wildman–Crippen LogP) is 4.53. The molecule has 0 radical (unpaired) electrons. The van der Waals surface area contributed by atoms with Crippen molar-refractivity contribution in [2.24, 2.45) is 0 Å². The van der Waals surface area contributed by atoms with Gasteiger partial charge in [-0.1, -0.05) is 18.2 Å². The maximum absolute atomic E-state index is 13.1. The van der Waals surface area contributed by atoms with E-state index in [1.54, 1.807) is 12.1 Å². The second-order valence-electron chi connectivity index (χ2n) is 9.57. The second kappa shape index (κ2) is 9.93. The Kier molecular flexibility index (Phi) is 6.52. The summed E-state index contributed by atoms with van der Waals surface area (Å²) in [5, 5.41) is 14.4. The van der Waals surface area contributed by atoms with Crippen LogP contribution < -0.4 is 10.2 Å². The Bertz CT molecular complexity index is 1320. The Morgan fingerprint density at radius 2 is 1.59 bits per heavy atom. The van der Waals surface area contributed by atoms with Crippen LogP contribution in [0.15, 0.2) is 72.8 Å². The summed E-state index contributed by atoms with van der Waals surface area (Å²) < 4.78 is 0. The number of nitrogens with one attached hydrogen (secondary N) is 1. The van der Waals surface area contributed by atoms with E-state index < -0.39 is 4.92 Å². The number of anilines is 2. The average Bonchev–Trinajstić information content (AvgIpc) is 3.20. The molecule has 1 saturated heterocycles. The third kappa shape index (κ3) is 4.72. The van der Waals surface area contributed by atoms with Gasteiger partial charge in [0, 0.05) is 72.4 Å². The molecule has 2 aliphatic rings. The van der Waals surface area contributed by atoms with Crippen molar-refractivity contribution in [3.63, 3.8) is 0 Å². The van der Waals surface area contributed by atoms with Gasteiger partial charge in [-0.3, -0.25) is 19.7 Å². The number of carbonyl (C=O) groups is 2. The normalized spacial score (nSPS) is 17.2. The number of hydrogen-bond donors (Lipinski definition) is 1. The van der Waals surface area contributed by atoms with Crippen LogP contribution in [0.3, 0.4) is 0 Å². The lowest BCUT2D eigenvalue weighted by Crippen LogP contribution is -2.48. The van der Waals surface area contributed by atoms with Crippen LogP contribution in [-0.2, 0) is 0 Å². The Balaban J connectivity index is 1.22. The fraction of sp³-hybridized carbons (Fsp3) is 0.286. The van der Waals surface area contributed by atoms with Crippen LogP contribution >= 0.6 is 0 Å². The molecule has 1 fully saturated rings. The molecule has 9 nitrogen and oxygen atoms in total. The zero-order valence-electron chi connectivity index (χ0n) is 20.8. The monoisotopic (exact) mass is 499 g/mol. The standard InChI is InChI=1S/C28H29N5O4/c1-19(2)32-26(24-5-3-4-6-25(24)28(32)35)29-21-9-7-20(8-10-21)27(34)31-17-15-30(16-18-31)22-11-13-23(14-12-22)33(36)37/h3-14,19,26,29H,15-18H2,1-2H3. The second-order valence-corrected chi connectivity index (χ2v) is 9.57. The number of amides is 2. The molecular formula is C28H29N5O4. The SMILES string of the molecule is CC(C)N1C(=O)c2ccccc2C1Nc1ccc(C(=O)N2CCN(c3ccc([N+](=O)[O-])cc3)CC2)cc1. The molecule has 0 aliphatic carbocycles. The van der Waals surface area contributed by atoms with Crippen LogP contribution in [0, 0.1) is 10.1 Å². The van der Waals surface area contributed by atoms with Crippen LogP contribution in [0.4, 0.5) is 17.1 Å². The first-order valence-corrected chi connectivity index (χ1v) is 12.4. The van der Waals surface area contributed by atoms with E-state index in [-0.39, 0.29) is 29.7 Å². The molecule has 5 rings (SSSR count). The van der Waals surface area contributed by atoms with E-state index in [9.17, 15) is 19.7 Å². The smallest absolute Gasteiger partial charge is 0.269 e. The van der Waals surface area contributed by atoms with Gasteiger partial charge in [0.2, 0.25) is 0 Å². The zero-order chi connectivity index (χ0) is 26.1. The zero-order valence-corrected chi connectivity index (χ0v) is 20.8. The van der Waals surface area contributed by atoms with Gasteiger partial charge in [-0.15, -0.1) is 0 Å². The van der Waals surface area contributed by atoms with Crippen molar-refractivity contribution in [1.29, 1.82) is 0 Å². The number of nitro benzene ring substituents is 1. The number of nitro groups is 1. The molecule has 1 unspecified atom stereocenters. The predicted molar refractivity (Wildman–Crippen MR) is 142 cm³/mol. The average molecular weight is 500 g/mol. The summed E-state index contributed by atoms with van der Waals surface area (Å²) in [5.41, 5.74) is 4.09. The topological polar surface area (TPSA) is 99.0 Å². The summed E-state index contributed by atoms with van der Waals surface area (Å²) in [4.78, 5) is 42.3. The number of non-ortho nitro benzene ring substituents is 1. The van der Waals surface area contributed by atoms with Gasteiger partial charge >= 0.3 is 0 Å². The Morgan fingerprint density at radius 1 is 0.946 bits per heavy atom. The summed E-state index contributed by atoms with van der Waals surface area (Å²) in [6, 6.07) is 21.6. The molecule has 0 aromatic heterocycles. The van der Waals surface area contributed by atoms with E-state index >= 15 is 0 Å². The number of benzene rings is 3. The van der Waals surface area contributed by atoms with Crippen LogP contribution in [0.2, 0.25) is 0 Å². The first kappa shape index (κ1) is 24.3. The Morgan fingerprint density at radius 3 is 2.22 bits per heavy atom. The van der Waals surface area contributed by atoms with Crippen molar-refractivity contribution in [3.8, 4) is 0 Å². The molecular weight excluding hydrogens is 470 g/mol. The highest BCUT2D eigenvalue weighted by Gasteiger charge is 2.37. The molecule has 37 heavy (non-hydrogen) atoms. The summed E-state index contributed by atoms with van der Waals surface area (Å²) >= 11 is 0. The van der Waals surface area contributed by atoms with Crippen LogP contribution in [0.5, 0.6) is 0 Å². The lowest BCUT2D eigenvalue weighted by Gasteiger charge is -2.36. The van der Waals surface area contributed by atoms with E-state index in [1.807, 2.05) is 72.2 Å². The minimum absolute atomic E-state index is 0.0165. The third-order valence-corrected chi connectivity index (χ3v) is 6.98. The van der Waals surface area contributed by atoms with E-state index in [0.717, 1.165) is 16.9 Å². The van der Waals surface area contributed by atoms with Crippen molar-refractivity contribution < 1.29 is 14.5 Å². The molecule has 0 bridgehead atoms. The highest BCUT2D eigenvalue weighted by atomic mass is 16.6. The van der Waals surface area contributed by atoms with Crippen molar-refractivity contribution in [3.05, 3.63) is 99.6 Å². The third-order valence-electron chi connectivity index (χ3n) is 6.98. The minimum atomic E-state index is -0.409. The van der Waals surface area contributed by atoms with Crippen molar-refractivity contribution in [2.75, 3.05) is 36.4 Å². The molecule has 2 aliphatic heterocycles. The van der Waals surface area contributed by atoms with Crippen LogP contribution in [0.25, 0.3) is 0 Å². The lowest BCUT2D eigenvalue weighted by atomic mass is 10.1.